The third kappa shape index (κ3) is 9.37. The number of azo groups is 2. The van der Waals surface area contributed by atoms with Crippen LogP contribution in [0, 0.1) is 0 Å². The summed E-state index contributed by atoms with van der Waals surface area (Å²) in [5.41, 5.74) is 0.413. The molecule has 1 fully saturated rings. The van der Waals surface area contributed by atoms with Crippen molar-refractivity contribution in [3.8, 4) is 34.5 Å². The third-order valence-electron chi connectivity index (χ3n) is 10.3. The average Bonchev–Trinajstić information content (AvgIpc) is 3.19. The van der Waals surface area contributed by atoms with E-state index in [1.807, 2.05) is 12.1 Å². The van der Waals surface area contributed by atoms with E-state index in [-0.39, 0.29) is 137 Å². The Hall–Kier alpha value is -3.70. The van der Waals surface area contributed by atoms with E-state index in [1.54, 1.807) is 24.3 Å². The minimum Gasteiger partial charge on any atom is -0.508 e. The molecule has 1 aliphatic rings. The van der Waals surface area contributed by atoms with Gasteiger partial charge in [0.2, 0.25) is 0 Å². The number of methoxy groups -OCH3 is 2. The van der Waals surface area contributed by atoms with Crippen molar-refractivity contribution in [3.05, 3.63) is 96.1 Å². The van der Waals surface area contributed by atoms with Gasteiger partial charge in [-0.15, -0.1) is 20.5 Å². The summed E-state index contributed by atoms with van der Waals surface area (Å²) in [6, 6.07) is 20.6. The molecule has 0 saturated heterocycles. The van der Waals surface area contributed by atoms with Crippen LogP contribution in [-0.4, -0.2) is 60.6 Å². The molecule has 0 aromatic heterocycles. The van der Waals surface area contributed by atoms with Crippen LogP contribution in [0.5, 0.6) is 34.5 Å². The van der Waals surface area contributed by atoms with Crippen LogP contribution >= 0.6 is 0 Å². The maximum Gasteiger partial charge on any atom is 1.00 e. The monoisotopic (exact) mass is 890 g/mol. The number of fused-ring (bicyclic) bond motifs is 2. The number of phenols is 4. The quantitative estimate of drug-likeness (QED) is 0.0657. The van der Waals surface area contributed by atoms with E-state index in [1.165, 1.54) is 50.6 Å². The van der Waals surface area contributed by atoms with E-state index < -0.39 is 58.3 Å². The van der Waals surface area contributed by atoms with Crippen LogP contribution in [-0.2, 0) is 25.7 Å². The van der Waals surface area contributed by atoms with Crippen molar-refractivity contribution in [2.24, 2.45) is 20.5 Å². The minimum absolute atomic E-state index is 0. The van der Waals surface area contributed by atoms with Gasteiger partial charge in [0.15, 0.2) is 11.5 Å². The number of phenolic OH excluding ortho intramolecular Hbond substituents is 4. The van der Waals surface area contributed by atoms with Gasteiger partial charge in [-0.2, -0.15) is 16.8 Å². The summed E-state index contributed by atoms with van der Waals surface area (Å²) < 4.78 is 80.7. The number of ether oxygens (including phenoxy) is 2. The molecule has 0 atom stereocenters. The van der Waals surface area contributed by atoms with E-state index >= 15 is 0 Å². The number of aromatic hydroxyl groups is 4. The molecule has 0 bridgehead atoms. The first-order valence-corrected chi connectivity index (χ1v) is 20.5. The number of benzene rings is 6. The van der Waals surface area contributed by atoms with E-state index in [0.29, 0.717) is 0 Å². The van der Waals surface area contributed by atoms with Crippen LogP contribution < -0.4 is 90.4 Å². The topological polar surface area (TPSA) is 258 Å². The van der Waals surface area contributed by atoms with Crippen molar-refractivity contribution in [2.45, 2.75) is 47.3 Å². The molecule has 7 rings (SSSR count). The van der Waals surface area contributed by atoms with E-state index in [0.717, 1.165) is 55.4 Å². The Morgan fingerprint density at radius 1 is 0.550 bits per heavy atom. The van der Waals surface area contributed by atoms with Gasteiger partial charge in [-0.3, -0.25) is 9.11 Å². The fourth-order valence-corrected chi connectivity index (χ4v) is 8.78. The molecule has 6 aromatic rings. The molecule has 0 amide bonds. The van der Waals surface area contributed by atoms with E-state index in [2.05, 4.69) is 20.5 Å². The molecule has 60 heavy (non-hydrogen) atoms. The Kier molecular flexibility index (Phi) is 14.8. The van der Waals surface area contributed by atoms with Crippen molar-refractivity contribution in [1.82, 2.24) is 0 Å². The molecule has 0 aliphatic heterocycles. The minimum atomic E-state index is -4.87. The smallest absolute Gasteiger partial charge is 0.508 e. The maximum absolute atomic E-state index is 12.3. The van der Waals surface area contributed by atoms with Crippen molar-refractivity contribution in [1.29, 1.82) is 0 Å². The zero-order valence-electron chi connectivity index (χ0n) is 32.9. The second-order valence-electron chi connectivity index (χ2n) is 13.7. The number of hydrogen-bond acceptors (Lipinski definition) is 14. The molecule has 16 nitrogen and oxygen atoms in total. The molecule has 1 aliphatic carbocycles. The van der Waals surface area contributed by atoms with Gasteiger partial charge in [0.1, 0.15) is 55.5 Å². The van der Waals surface area contributed by atoms with Gasteiger partial charge < -0.3 is 29.9 Å². The summed E-state index contributed by atoms with van der Waals surface area (Å²) in [7, 11) is -6.88. The Labute approximate surface area is 409 Å². The molecule has 300 valence electrons. The molecule has 1 saturated carbocycles. The Morgan fingerprint density at radius 3 is 1.32 bits per heavy atom. The molecule has 6 N–H and O–H groups in total. The van der Waals surface area contributed by atoms with Gasteiger partial charge in [0.05, 0.1) is 14.2 Å². The second kappa shape index (κ2) is 18.7. The summed E-state index contributed by atoms with van der Waals surface area (Å²) >= 11 is 0. The van der Waals surface area contributed by atoms with Gasteiger partial charge in [0, 0.05) is 16.2 Å². The number of hydrogen-bond donors (Lipinski definition) is 6. The van der Waals surface area contributed by atoms with Crippen LogP contribution in [0.1, 0.15) is 43.2 Å². The largest absolute Gasteiger partial charge is 1.00 e. The fourth-order valence-electron chi connectivity index (χ4n) is 7.47. The molecule has 20 heteroatoms. The zero-order chi connectivity index (χ0) is 41.6. The zero-order valence-corrected chi connectivity index (χ0v) is 39.6. The predicted molar refractivity (Wildman–Crippen MR) is 212 cm³/mol. The average molecular weight is 891 g/mol. The van der Waals surface area contributed by atoms with E-state index in [4.69, 9.17) is 9.47 Å². The molecular weight excluding hydrogens is 855 g/mol. The van der Waals surface area contributed by atoms with Crippen molar-refractivity contribution < 1.29 is 137 Å². The fraction of sp³-hybridized carbons (Fsp3) is 0.200. The molecule has 0 unspecified atom stereocenters. The van der Waals surface area contributed by atoms with E-state index in [9.17, 15) is 46.4 Å². The number of nitrogens with zero attached hydrogens (tertiary/aromatic N) is 4. The first-order chi connectivity index (χ1) is 27.5. The van der Waals surface area contributed by atoms with Crippen LogP contribution in [0.2, 0.25) is 0 Å². The van der Waals surface area contributed by atoms with Crippen molar-refractivity contribution in [2.75, 3.05) is 14.2 Å². The molecule has 6 aromatic carbocycles. The molecule has 0 radical (unpaired) electrons. The summed E-state index contributed by atoms with van der Waals surface area (Å²) in [4.78, 5) is -1.37. The maximum atomic E-state index is 12.3. The summed E-state index contributed by atoms with van der Waals surface area (Å²) in [5.74, 6) is -1.07. The van der Waals surface area contributed by atoms with Gasteiger partial charge in [-0.05, 0) is 95.4 Å². The van der Waals surface area contributed by atoms with Gasteiger partial charge in [-0.1, -0.05) is 43.5 Å². The van der Waals surface area contributed by atoms with Crippen LogP contribution in [0.25, 0.3) is 21.5 Å². The van der Waals surface area contributed by atoms with Crippen LogP contribution in [0.3, 0.4) is 0 Å². The van der Waals surface area contributed by atoms with Crippen molar-refractivity contribution >= 4 is 64.5 Å². The summed E-state index contributed by atoms with van der Waals surface area (Å²) in [6.45, 7) is 0. The molecular formula is C40H36KN4NaO12S2+2. The summed E-state index contributed by atoms with van der Waals surface area (Å²) in [6.07, 6.45) is 4.23. The molecule has 0 spiro atoms. The Balaban J connectivity index is 0.00000341. The first kappa shape index (κ1) is 47.3. The van der Waals surface area contributed by atoms with Gasteiger partial charge in [-0.25, -0.2) is 0 Å². The number of rotatable bonds is 10. The predicted octanol–water partition coefficient (Wildman–Crippen LogP) is 3.42. The van der Waals surface area contributed by atoms with Crippen LogP contribution in [0.15, 0.2) is 115 Å². The molecule has 0 heterocycles. The first-order valence-electron chi connectivity index (χ1n) is 17.7. The van der Waals surface area contributed by atoms with Crippen LogP contribution in [0.4, 0.5) is 22.7 Å². The standard InChI is InChI=1S/C40H36N4O12S2.K.Na/c1-55-32-18-24(8-12-30(32)41-43-36-34(57(49,50)51)16-22-6-10-26(45)20-28(22)38(36)47)40(14-4-3-5-15-40)25-9-13-31(33(19-25)56-2)42-44-37-35(58(52,53)54)17-23-7-11-27(46)21-29(23)39(37)48;;/h6-13,16-21,45-48H,3-5,14-15H2,1-2H3,(H,49,50,51)(H,52,53,54);;/q;2*+1. The summed E-state index contributed by atoms with van der Waals surface area (Å²) in [5, 5.41) is 59.0. The Morgan fingerprint density at radius 2 is 0.950 bits per heavy atom. The van der Waals surface area contributed by atoms with Crippen molar-refractivity contribution in [3.63, 3.8) is 0 Å². The SMILES string of the molecule is COc1cc(C2(c3ccc(N=Nc4c(S(=O)(=O)O)cc5ccc(O)cc5c4O)c(OC)c3)CCCCC2)ccc1N=Nc1c(S(=O)(=O)O)cc2ccc(O)cc2c1O.[K+].[Na+]. The van der Waals surface area contributed by atoms with Gasteiger partial charge >= 0.3 is 80.9 Å². The second-order valence-corrected chi connectivity index (χ2v) is 16.5. The Bertz CT molecular complexity index is 2730. The van der Waals surface area contributed by atoms with Gasteiger partial charge in [0.25, 0.3) is 20.2 Å². The third-order valence-corrected chi connectivity index (χ3v) is 12.0. The normalized spacial score (nSPS) is 14.3.